The van der Waals surface area contributed by atoms with Crippen LogP contribution in [0.25, 0.3) is 0 Å². The Morgan fingerprint density at radius 2 is 2.00 bits per heavy atom. The van der Waals surface area contributed by atoms with E-state index in [9.17, 15) is 13.2 Å². The van der Waals surface area contributed by atoms with Crippen LogP contribution in [0.2, 0.25) is 0 Å². The number of ether oxygens (including phenoxy) is 2. The fourth-order valence-corrected chi connectivity index (χ4v) is 6.62. The molecule has 6 nitrogen and oxygen atoms in total. The highest BCUT2D eigenvalue weighted by Gasteiger charge is 2.34. The summed E-state index contributed by atoms with van der Waals surface area (Å²) in [5, 5.41) is 1.99. The van der Waals surface area contributed by atoms with Gasteiger partial charge in [0.05, 0.1) is 20.1 Å². The summed E-state index contributed by atoms with van der Waals surface area (Å²) in [5.74, 6) is -0.0340. The van der Waals surface area contributed by atoms with Gasteiger partial charge in [-0.2, -0.15) is 4.31 Å². The second-order valence-electron chi connectivity index (χ2n) is 8.43. The first-order valence-corrected chi connectivity index (χ1v) is 13.6. The number of para-hydroxylation sites is 1. The average molecular weight is 500 g/mol. The molecule has 180 valence electrons. The highest BCUT2D eigenvalue weighted by Crippen LogP contribution is 2.35. The van der Waals surface area contributed by atoms with Gasteiger partial charge in [0.2, 0.25) is 10.0 Å². The Morgan fingerprint density at radius 3 is 2.71 bits per heavy atom. The predicted octanol–water partition coefficient (Wildman–Crippen LogP) is 5.11. The van der Waals surface area contributed by atoms with Crippen LogP contribution in [-0.4, -0.2) is 38.5 Å². The van der Waals surface area contributed by atoms with Crippen molar-refractivity contribution in [1.82, 2.24) is 4.31 Å². The zero-order valence-electron chi connectivity index (χ0n) is 19.6. The zero-order chi connectivity index (χ0) is 24.3. The highest BCUT2D eigenvalue weighted by molar-refractivity contribution is 7.89. The summed E-state index contributed by atoms with van der Waals surface area (Å²) in [6.07, 6.45) is 0.680. The molecule has 0 fully saturated rings. The molecule has 8 heteroatoms. The lowest BCUT2D eigenvalue weighted by Gasteiger charge is -2.24. The van der Waals surface area contributed by atoms with Crippen molar-refractivity contribution < 1.29 is 22.7 Å². The number of sulfonamides is 1. The second-order valence-corrected chi connectivity index (χ2v) is 11.3. The summed E-state index contributed by atoms with van der Waals surface area (Å²) in [6.45, 7) is 4.47. The van der Waals surface area contributed by atoms with E-state index in [4.69, 9.17) is 9.47 Å². The number of thiophene rings is 1. The minimum absolute atomic E-state index is 0.153. The van der Waals surface area contributed by atoms with Crippen LogP contribution in [0.1, 0.15) is 47.3 Å². The van der Waals surface area contributed by atoms with E-state index >= 15 is 0 Å². The summed E-state index contributed by atoms with van der Waals surface area (Å²) >= 11 is 1.59. The van der Waals surface area contributed by atoms with Crippen LogP contribution in [0, 0.1) is 6.92 Å². The fraction of sp³-hybridized carbons (Fsp3) is 0.346. The number of esters is 1. The Hall–Kier alpha value is -2.68. The smallest absolute Gasteiger partial charge is 0.306 e. The second kappa shape index (κ2) is 10.3. The van der Waals surface area contributed by atoms with Crippen molar-refractivity contribution in [2.45, 2.75) is 50.2 Å². The Kier molecular flexibility index (Phi) is 7.40. The van der Waals surface area contributed by atoms with Crippen molar-refractivity contribution >= 4 is 27.3 Å². The van der Waals surface area contributed by atoms with Gasteiger partial charge in [0, 0.05) is 17.3 Å². The van der Waals surface area contributed by atoms with Gasteiger partial charge in [0.15, 0.2) is 0 Å². The van der Waals surface area contributed by atoms with E-state index in [1.807, 2.05) is 49.6 Å². The van der Waals surface area contributed by atoms with Gasteiger partial charge in [-0.25, -0.2) is 8.42 Å². The minimum Gasteiger partial charge on any atom is -0.488 e. The maximum atomic E-state index is 13.6. The van der Waals surface area contributed by atoms with Crippen LogP contribution in [0.5, 0.6) is 5.75 Å². The molecule has 2 heterocycles. The van der Waals surface area contributed by atoms with Crippen molar-refractivity contribution in [2.24, 2.45) is 0 Å². The number of fused-ring (bicyclic) bond motifs is 1. The molecule has 0 saturated carbocycles. The number of benzene rings is 2. The molecule has 34 heavy (non-hydrogen) atoms. The van der Waals surface area contributed by atoms with Crippen LogP contribution < -0.4 is 4.74 Å². The first-order chi connectivity index (χ1) is 16.3. The molecule has 3 aromatic rings. The van der Waals surface area contributed by atoms with Gasteiger partial charge < -0.3 is 9.47 Å². The molecular formula is C26H29NO5S2. The monoisotopic (exact) mass is 499 g/mol. The van der Waals surface area contributed by atoms with Gasteiger partial charge in [-0.1, -0.05) is 43.3 Å². The topological polar surface area (TPSA) is 72.9 Å². The number of hydrogen-bond donors (Lipinski definition) is 0. The number of methoxy groups -OCH3 is 1. The van der Waals surface area contributed by atoms with Crippen molar-refractivity contribution in [1.29, 1.82) is 0 Å². The van der Waals surface area contributed by atoms with Crippen LogP contribution in [-0.2, 0) is 26.1 Å². The lowest BCUT2D eigenvalue weighted by molar-refractivity contribution is -0.140. The van der Waals surface area contributed by atoms with Gasteiger partial charge in [-0.3, -0.25) is 4.79 Å². The van der Waals surface area contributed by atoms with E-state index in [0.717, 1.165) is 21.6 Å². The standard InChI is InChI=1S/C26H29NO5S2/c1-4-21-17-27(34(29,30)25-10-6-5-8-23(25)32-21)16-20-14-19(12-11-18(20)2)22(15-26(28)31-3)24-9-7-13-33-24/h5-14,21-22H,4,15-17H2,1-3H3/t21-,22?/m1/s1. The van der Waals surface area contributed by atoms with Crippen molar-refractivity contribution in [3.8, 4) is 5.75 Å². The van der Waals surface area contributed by atoms with E-state index in [1.54, 1.807) is 35.6 Å². The summed E-state index contributed by atoms with van der Waals surface area (Å²) in [6, 6.07) is 16.8. The van der Waals surface area contributed by atoms with Gasteiger partial charge in [0.25, 0.3) is 0 Å². The molecule has 1 aliphatic rings. The number of aryl methyl sites for hydroxylation is 1. The number of carbonyl (C=O) groups is 1. The van der Waals surface area contributed by atoms with Gasteiger partial charge in [0.1, 0.15) is 16.7 Å². The fourth-order valence-electron chi connectivity index (χ4n) is 4.19. The van der Waals surface area contributed by atoms with Crippen molar-refractivity contribution in [2.75, 3.05) is 13.7 Å². The lowest BCUT2D eigenvalue weighted by Crippen LogP contribution is -2.36. The molecule has 2 atom stereocenters. The van der Waals surface area contributed by atoms with Crippen LogP contribution in [0.15, 0.2) is 64.9 Å². The summed E-state index contributed by atoms with van der Waals surface area (Å²) in [7, 11) is -2.35. The average Bonchev–Trinajstić information content (AvgIpc) is 3.34. The summed E-state index contributed by atoms with van der Waals surface area (Å²) in [4.78, 5) is 13.4. The maximum absolute atomic E-state index is 13.6. The molecule has 1 aliphatic heterocycles. The molecule has 0 amide bonds. The SMILES string of the molecule is CC[C@@H]1CN(Cc2cc(C(CC(=O)OC)c3cccs3)ccc2C)S(=O)(=O)c2ccccc2O1. The third-order valence-electron chi connectivity index (χ3n) is 6.23. The molecule has 0 saturated heterocycles. The molecule has 1 unspecified atom stereocenters. The molecular weight excluding hydrogens is 470 g/mol. The number of nitrogens with zero attached hydrogens (tertiary/aromatic N) is 1. The molecule has 2 aromatic carbocycles. The lowest BCUT2D eigenvalue weighted by atomic mass is 9.91. The Balaban J connectivity index is 1.71. The van der Waals surface area contributed by atoms with Crippen LogP contribution >= 0.6 is 11.3 Å². The van der Waals surface area contributed by atoms with Gasteiger partial charge >= 0.3 is 5.97 Å². The number of carbonyl (C=O) groups excluding carboxylic acids is 1. The third kappa shape index (κ3) is 5.04. The molecule has 4 rings (SSSR count). The van der Waals surface area contributed by atoms with E-state index < -0.39 is 10.0 Å². The van der Waals surface area contributed by atoms with Crippen LogP contribution in [0.3, 0.4) is 0 Å². The highest BCUT2D eigenvalue weighted by atomic mass is 32.2. The molecule has 0 spiro atoms. The van der Waals surface area contributed by atoms with Gasteiger partial charge in [-0.05, 0) is 53.6 Å². The first-order valence-electron chi connectivity index (χ1n) is 11.3. The van der Waals surface area contributed by atoms with Crippen LogP contribution in [0.4, 0.5) is 0 Å². The van der Waals surface area contributed by atoms with Crippen molar-refractivity contribution in [3.05, 3.63) is 81.5 Å². The van der Waals surface area contributed by atoms with E-state index in [-0.39, 0.29) is 42.4 Å². The molecule has 0 N–H and O–H groups in total. The normalized spacial score (nSPS) is 18.4. The number of hydrogen-bond acceptors (Lipinski definition) is 6. The third-order valence-corrected chi connectivity index (χ3v) is 9.07. The van der Waals surface area contributed by atoms with Crippen molar-refractivity contribution in [3.63, 3.8) is 0 Å². The molecule has 0 aliphatic carbocycles. The first kappa shape index (κ1) is 24.4. The molecule has 1 aromatic heterocycles. The summed E-state index contributed by atoms with van der Waals surface area (Å²) < 4.78 is 39.6. The summed E-state index contributed by atoms with van der Waals surface area (Å²) in [5.41, 5.74) is 2.86. The largest absolute Gasteiger partial charge is 0.488 e. The zero-order valence-corrected chi connectivity index (χ0v) is 21.2. The van der Waals surface area contributed by atoms with E-state index in [2.05, 4.69) is 0 Å². The molecule has 0 bridgehead atoms. The quantitative estimate of drug-likeness (QED) is 0.422. The number of rotatable bonds is 7. The van der Waals surface area contributed by atoms with Gasteiger partial charge in [-0.15, -0.1) is 11.3 Å². The Bertz CT molecular complexity index is 1250. The Labute approximate surface area is 205 Å². The van der Waals surface area contributed by atoms with E-state index in [0.29, 0.717) is 12.2 Å². The Morgan fingerprint density at radius 1 is 1.21 bits per heavy atom. The predicted molar refractivity (Wildman–Crippen MR) is 133 cm³/mol. The minimum atomic E-state index is -3.74. The van der Waals surface area contributed by atoms with E-state index in [1.165, 1.54) is 11.4 Å². The molecule has 0 radical (unpaired) electrons. The maximum Gasteiger partial charge on any atom is 0.306 e.